The van der Waals surface area contributed by atoms with E-state index in [1.54, 1.807) is 12.1 Å². The highest BCUT2D eigenvalue weighted by atomic mass is 35.5. The van der Waals surface area contributed by atoms with Crippen LogP contribution < -0.4 is 10.6 Å². The molecule has 1 aromatic carbocycles. The van der Waals surface area contributed by atoms with Gasteiger partial charge in [0, 0.05) is 4.88 Å². The van der Waals surface area contributed by atoms with Crippen molar-refractivity contribution in [1.82, 2.24) is 5.32 Å². The fraction of sp³-hybridized carbons (Fsp3) is 0.0769. The molecule has 0 radical (unpaired) electrons. The molecule has 21 heavy (non-hydrogen) atoms. The van der Waals surface area contributed by atoms with Crippen molar-refractivity contribution in [2.45, 2.75) is 6.54 Å². The first-order valence-electron chi connectivity index (χ1n) is 5.78. The highest BCUT2D eigenvalue weighted by Gasteiger charge is 2.17. The number of rotatable bonds is 4. The highest BCUT2D eigenvalue weighted by molar-refractivity contribution is 7.16. The Bertz CT molecular complexity index is 690. The van der Waals surface area contributed by atoms with Crippen LogP contribution in [0.1, 0.15) is 15.2 Å². The number of nitrogens with one attached hydrogen (secondary N) is 2. The normalized spacial score (nSPS) is 10.2. The zero-order chi connectivity index (χ0) is 15.4. The number of hydrogen-bond donors (Lipinski definition) is 3. The molecule has 0 bridgehead atoms. The number of benzene rings is 1. The van der Waals surface area contributed by atoms with Gasteiger partial charge in [-0.1, -0.05) is 17.7 Å². The number of carbonyl (C=O) groups is 2. The number of carboxylic acids is 1. The minimum absolute atomic E-state index is 0.107. The van der Waals surface area contributed by atoms with Crippen molar-refractivity contribution in [1.29, 1.82) is 0 Å². The molecule has 1 heterocycles. The molecule has 5 nitrogen and oxygen atoms in total. The molecule has 0 aliphatic heterocycles. The van der Waals surface area contributed by atoms with Crippen molar-refractivity contribution in [3.05, 3.63) is 50.9 Å². The van der Waals surface area contributed by atoms with Crippen molar-refractivity contribution in [2.75, 3.05) is 5.32 Å². The molecule has 0 saturated carbocycles. The third-order valence-electron chi connectivity index (χ3n) is 2.53. The predicted octanol–water partition coefficient (Wildman–Crippen LogP) is 3.56. The van der Waals surface area contributed by atoms with Gasteiger partial charge < -0.3 is 15.7 Å². The van der Waals surface area contributed by atoms with E-state index in [4.69, 9.17) is 16.7 Å². The molecular formula is C13H10ClFN2O3S. The Labute approximate surface area is 128 Å². The van der Waals surface area contributed by atoms with Crippen LogP contribution >= 0.6 is 22.9 Å². The molecule has 8 heteroatoms. The number of urea groups is 1. The quantitative estimate of drug-likeness (QED) is 0.803. The molecule has 2 amide bonds. The van der Waals surface area contributed by atoms with Gasteiger partial charge in [0.05, 0.1) is 16.6 Å². The second-order valence-corrected chi connectivity index (χ2v) is 5.78. The summed E-state index contributed by atoms with van der Waals surface area (Å²) in [6, 6.07) is 6.48. The number of anilines is 1. The average molecular weight is 329 g/mol. The zero-order valence-electron chi connectivity index (χ0n) is 10.5. The molecule has 2 rings (SSSR count). The van der Waals surface area contributed by atoms with Gasteiger partial charge in [0.15, 0.2) is 0 Å². The minimum Gasteiger partial charge on any atom is -0.478 e. The molecule has 0 aliphatic rings. The first-order valence-corrected chi connectivity index (χ1v) is 6.97. The number of hydrogen-bond acceptors (Lipinski definition) is 3. The second-order valence-electron chi connectivity index (χ2n) is 3.98. The Morgan fingerprint density at radius 2 is 2.05 bits per heavy atom. The van der Waals surface area contributed by atoms with Crippen LogP contribution in [0.3, 0.4) is 0 Å². The number of halogens is 2. The lowest BCUT2D eigenvalue weighted by Crippen LogP contribution is -2.28. The van der Waals surface area contributed by atoms with E-state index in [1.807, 2.05) is 0 Å². The van der Waals surface area contributed by atoms with Crippen molar-refractivity contribution in [2.24, 2.45) is 0 Å². The number of carbonyl (C=O) groups excluding carboxylic acids is 1. The van der Waals surface area contributed by atoms with E-state index in [9.17, 15) is 14.0 Å². The van der Waals surface area contributed by atoms with Crippen molar-refractivity contribution in [3.8, 4) is 0 Å². The van der Waals surface area contributed by atoms with Gasteiger partial charge in [-0.15, -0.1) is 11.3 Å². The van der Waals surface area contributed by atoms with Crippen LogP contribution in [0.15, 0.2) is 30.3 Å². The first-order chi connectivity index (χ1) is 9.97. The number of thiophene rings is 1. The smallest absolute Gasteiger partial charge is 0.340 e. The van der Waals surface area contributed by atoms with E-state index < -0.39 is 23.4 Å². The first kappa shape index (κ1) is 15.3. The van der Waals surface area contributed by atoms with Crippen LogP contribution in [0.5, 0.6) is 0 Å². The molecule has 0 saturated heterocycles. The van der Waals surface area contributed by atoms with Crippen LogP contribution in [-0.2, 0) is 6.54 Å². The maximum atomic E-state index is 13.4. The lowest BCUT2D eigenvalue weighted by Gasteiger charge is -2.09. The van der Waals surface area contributed by atoms with E-state index in [-0.39, 0.29) is 12.2 Å². The molecule has 0 atom stereocenters. The van der Waals surface area contributed by atoms with Crippen LogP contribution in [0.4, 0.5) is 14.9 Å². The van der Waals surface area contributed by atoms with Gasteiger partial charge in [0.2, 0.25) is 0 Å². The van der Waals surface area contributed by atoms with E-state index in [2.05, 4.69) is 10.6 Å². The maximum Gasteiger partial charge on any atom is 0.340 e. The standard InChI is InChI=1S/C13H10ClFN2O3S/c14-10-5-4-7(21-10)6-16-13(20)17-9-3-1-2-8(15)11(9)12(18)19/h1-5H,6H2,(H,18,19)(H2,16,17,20). The SMILES string of the molecule is O=C(NCc1ccc(Cl)s1)Nc1cccc(F)c1C(=O)O. The molecule has 3 N–H and O–H groups in total. The highest BCUT2D eigenvalue weighted by Crippen LogP contribution is 2.21. The summed E-state index contributed by atoms with van der Waals surface area (Å²) in [5, 5.41) is 13.8. The van der Waals surface area contributed by atoms with Crippen LogP contribution in [0, 0.1) is 5.82 Å². The summed E-state index contributed by atoms with van der Waals surface area (Å²) < 4.78 is 14.0. The summed E-state index contributed by atoms with van der Waals surface area (Å²) in [6.45, 7) is 0.237. The summed E-state index contributed by atoms with van der Waals surface area (Å²) in [5.41, 5.74) is -0.684. The number of amides is 2. The Balaban J connectivity index is 2.03. The molecule has 0 unspecified atom stereocenters. The van der Waals surface area contributed by atoms with E-state index in [1.165, 1.54) is 23.5 Å². The lowest BCUT2D eigenvalue weighted by molar-refractivity contribution is 0.0693. The van der Waals surface area contributed by atoms with Crippen molar-refractivity contribution in [3.63, 3.8) is 0 Å². The van der Waals surface area contributed by atoms with Gasteiger partial charge in [-0.3, -0.25) is 0 Å². The summed E-state index contributed by atoms with van der Waals surface area (Å²) in [4.78, 5) is 23.5. The zero-order valence-corrected chi connectivity index (χ0v) is 12.1. The predicted molar refractivity (Wildman–Crippen MR) is 78.5 cm³/mol. The average Bonchev–Trinajstić information content (AvgIpc) is 2.82. The Hall–Kier alpha value is -2.12. The fourth-order valence-electron chi connectivity index (χ4n) is 1.63. The summed E-state index contributed by atoms with van der Waals surface area (Å²) >= 11 is 7.08. The monoisotopic (exact) mass is 328 g/mol. The van der Waals surface area contributed by atoms with Crippen molar-refractivity contribution < 1.29 is 19.1 Å². The van der Waals surface area contributed by atoms with Crippen LogP contribution in [-0.4, -0.2) is 17.1 Å². The van der Waals surface area contributed by atoms with Gasteiger partial charge in [-0.2, -0.15) is 0 Å². The summed E-state index contributed by atoms with van der Waals surface area (Å²) in [7, 11) is 0. The Morgan fingerprint density at radius 1 is 1.29 bits per heavy atom. The molecule has 0 fully saturated rings. The summed E-state index contributed by atoms with van der Waals surface area (Å²) in [6.07, 6.45) is 0. The van der Waals surface area contributed by atoms with Crippen LogP contribution in [0.25, 0.3) is 0 Å². The lowest BCUT2D eigenvalue weighted by atomic mass is 10.1. The number of aromatic carboxylic acids is 1. The second kappa shape index (κ2) is 6.55. The molecular weight excluding hydrogens is 319 g/mol. The third-order valence-corrected chi connectivity index (χ3v) is 3.76. The van der Waals surface area contributed by atoms with Gasteiger partial charge in [-0.25, -0.2) is 14.0 Å². The van der Waals surface area contributed by atoms with E-state index in [0.29, 0.717) is 4.34 Å². The van der Waals surface area contributed by atoms with Crippen LogP contribution in [0.2, 0.25) is 4.34 Å². The molecule has 0 aliphatic carbocycles. The molecule has 0 spiro atoms. The van der Waals surface area contributed by atoms with Gasteiger partial charge in [-0.05, 0) is 24.3 Å². The maximum absolute atomic E-state index is 13.4. The van der Waals surface area contributed by atoms with Gasteiger partial charge in [0.25, 0.3) is 0 Å². The van der Waals surface area contributed by atoms with E-state index in [0.717, 1.165) is 10.9 Å². The van der Waals surface area contributed by atoms with Crippen molar-refractivity contribution >= 4 is 40.6 Å². The Morgan fingerprint density at radius 3 is 2.67 bits per heavy atom. The largest absolute Gasteiger partial charge is 0.478 e. The Kier molecular flexibility index (Phi) is 4.77. The minimum atomic E-state index is -1.45. The molecule has 1 aromatic heterocycles. The van der Waals surface area contributed by atoms with Gasteiger partial charge >= 0.3 is 12.0 Å². The summed E-state index contributed by atoms with van der Waals surface area (Å²) in [5.74, 6) is -2.36. The fourth-order valence-corrected chi connectivity index (χ4v) is 2.65. The molecule has 110 valence electrons. The third kappa shape index (κ3) is 3.93. The van der Waals surface area contributed by atoms with Gasteiger partial charge in [0.1, 0.15) is 11.4 Å². The number of carboxylic acid groups (broad SMARTS) is 1. The van der Waals surface area contributed by atoms with E-state index >= 15 is 0 Å². The molecule has 2 aromatic rings. The topological polar surface area (TPSA) is 78.4 Å².